The fourth-order valence-corrected chi connectivity index (χ4v) is 6.04. The molecule has 9 heteroatoms. The Hall–Kier alpha value is -2.78. The van der Waals surface area contributed by atoms with E-state index in [-0.39, 0.29) is 30.5 Å². The SMILES string of the molecule is CCCCCCOc1nsnc1C1=CCC[N+](C)(C(C)OC(=O)Cc2ccccc2OC(=O)C2CCCCC2)C1. The van der Waals surface area contributed by atoms with Gasteiger partial charge in [-0.05, 0) is 25.3 Å². The summed E-state index contributed by atoms with van der Waals surface area (Å²) in [5.74, 6) is 0.463. The van der Waals surface area contributed by atoms with Crippen molar-refractivity contribution < 1.29 is 28.3 Å². The minimum atomic E-state index is -0.363. The van der Waals surface area contributed by atoms with E-state index in [0.717, 1.165) is 62.8 Å². The maximum absolute atomic E-state index is 13.1. The van der Waals surface area contributed by atoms with Crippen LogP contribution >= 0.6 is 11.7 Å². The lowest BCUT2D eigenvalue weighted by Gasteiger charge is -2.41. The predicted molar refractivity (Wildman–Crippen MR) is 156 cm³/mol. The number of hydrogen-bond donors (Lipinski definition) is 0. The highest BCUT2D eigenvalue weighted by atomic mass is 32.1. The highest BCUT2D eigenvalue weighted by Gasteiger charge is 2.37. The average molecular weight is 571 g/mol. The Morgan fingerprint density at radius 3 is 2.70 bits per heavy atom. The fourth-order valence-electron chi connectivity index (χ4n) is 5.51. The molecule has 2 aromatic rings. The third kappa shape index (κ3) is 8.13. The molecule has 1 saturated carbocycles. The van der Waals surface area contributed by atoms with Gasteiger partial charge in [-0.15, -0.1) is 4.37 Å². The molecular weight excluding hydrogens is 526 g/mol. The van der Waals surface area contributed by atoms with Crippen molar-refractivity contribution in [1.82, 2.24) is 8.75 Å². The molecule has 1 aliphatic heterocycles. The molecule has 2 unspecified atom stereocenters. The van der Waals surface area contributed by atoms with Gasteiger partial charge in [0.2, 0.25) is 6.23 Å². The topological polar surface area (TPSA) is 87.6 Å². The summed E-state index contributed by atoms with van der Waals surface area (Å²) in [5.41, 5.74) is 2.55. The molecule has 40 heavy (non-hydrogen) atoms. The molecule has 0 bridgehead atoms. The molecule has 0 radical (unpaired) electrons. The first kappa shape index (κ1) is 30.2. The van der Waals surface area contributed by atoms with E-state index in [1.54, 1.807) is 6.07 Å². The number of rotatable bonds is 13. The Labute approximate surface area is 242 Å². The maximum Gasteiger partial charge on any atom is 0.314 e. The van der Waals surface area contributed by atoms with Crippen molar-refractivity contribution in [3.63, 3.8) is 0 Å². The van der Waals surface area contributed by atoms with Crippen molar-refractivity contribution in [1.29, 1.82) is 0 Å². The van der Waals surface area contributed by atoms with Crippen molar-refractivity contribution in [3.8, 4) is 11.6 Å². The molecule has 1 aliphatic carbocycles. The average Bonchev–Trinajstić information content (AvgIpc) is 3.43. The highest BCUT2D eigenvalue weighted by Crippen LogP contribution is 2.32. The number of aromatic nitrogens is 2. The van der Waals surface area contributed by atoms with Crippen LogP contribution in [0.1, 0.15) is 89.3 Å². The number of benzene rings is 1. The van der Waals surface area contributed by atoms with Gasteiger partial charge in [0.25, 0.3) is 5.88 Å². The number of likely N-dealkylation sites (N-methyl/N-ethyl adjacent to an activating group) is 1. The molecule has 0 amide bonds. The summed E-state index contributed by atoms with van der Waals surface area (Å²) in [5, 5.41) is 0. The predicted octanol–water partition coefficient (Wildman–Crippen LogP) is 6.35. The molecule has 0 saturated heterocycles. The number of para-hydroxylation sites is 1. The molecule has 8 nitrogen and oxygen atoms in total. The second-order valence-corrected chi connectivity index (χ2v) is 11.9. The van der Waals surface area contributed by atoms with Gasteiger partial charge < -0.3 is 14.2 Å². The summed E-state index contributed by atoms with van der Waals surface area (Å²) in [6, 6.07) is 7.26. The van der Waals surface area contributed by atoms with Gasteiger partial charge in [0.1, 0.15) is 18.0 Å². The normalized spacial score (nSPS) is 20.4. The molecule has 4 rings (SSSR count). The Bertz CT molecular complexity index is 1160. The number of carbonyl (C=O) groups excluding carboxylic acids is 2. The van der Waals surface area contributed by atoms with E-state index in [9.17, 15) is 9.59 Å². The Balaban J connectivity index is 1.33. The number of ether oxygens (including phenoxy) is 3. The molecule has 0 N–H and O–H groups in total. The number of esters is 2. The lowest BCUT2D eigenvalue weighted by atomic mass is 9.89. The molecule has 2 aliphatic rings. The number of hydrogen-bond acceptors (Lipinski definition) is 8. The summed E-state index contributed by atoms with van der Waals surface area (Å²) < 4.78 is 27.2. The van der Waals surface area contributed by atoms with Gasteiger partial charge in [0, 0.05) is 24.5 Å². The third-order valence-electron chi connectivity index (χ3n) is 8.20. The molecule has 0 spiro atoms. The number of carbonyl (C=O) groups is 2. The fraction of sp³-hybridized carbons (Fsp3) is 0.613. The Morgan fingerprint density at radius 1 is 1.10 bits per heavy atom. The zero-order chi connectivity index (χ0) is 28.4. The number of nitrogens with zero attached hydrogens (tertiary/aromatic N) is 3. The molecular formula is C31H44N3O5S+. The number of quaternary nitrogens is 1. The molecule has 1 aromatic heterocycles. The van der Waals surface area contributed by atoms with Gasteiger partial charge in [0.15, 0.2) is 0 Å². The van der Waals surface area contributed by atoms with Crippen molar-refractivity contribution >= 4 is 29.2 Å². The van der Waals surface area contributed by atoms with Crippen LogP contribution in [0.5, 0.6) is 11.6 Å². The standard InChI is InChI=1S/C31H44N3O5S/c1-4-5-6-12-20-37-30-29(32-40-33-30)26-17-13-19-34(3,22-26)23(2)38-28(35)21-25-16-10-11-18-27(25)39-31(36)24-14-8-7-9-15-24/h10-11,16-18,23-24H,4-9,12-15,19-22H2,1-3H3/q+1. The summed E-state index contributed by atoms with van der Waals surface area (Å²) >= 11 is 1.17. The molecule has 1 fully saturated rings. The van der Waals surface area contributed by atoms with Crippen LogP contribution in [0.15, 0.2) is 30.3 Å². The summed E-state index contributed by atoms with van der Waals surface area (Å²) in [7, 11) is 2.11. The molecule has 2 atom stereocenters. The van der Waals surface area contributed by atoms with E-state index in [0.29, 0.717) is 34.8 Å². The van der Waals surface area contributed by atoms with Gasteiger partial charge >= 0.3 is 11.9 Å². The van der Waals surface area contributed by atoms with Crippen molar-refractivity contribution in [2.45, 2.75) is 90.7 Å². The maximum atomic E-state index is 13.1. The Kier molecular flexibility index (Phi) is 11.1. The lowest BCUT2D eigenvalue weighted by Crippen LogP contribution is -2.55. The van der Waals surface area contributed by atoms with E-state index >= 15 is 0 Å². The second-order valence-electron chi connectivity index (χ2n) is 11.3. The summed E-state index contributed by atoms with van der Waals surface area (Å²) in [6.45, 7) is 6.30. The van der Waals surface area contributed by atoms with E-state index in [4.69, 9.17) is 14.2 Å². The molecule has 2 heterocycles. The van der Waals surface area contributed by atoms with Crippen LogP contribution in [0.2, 0.25) is 0 Å². The van der Waals surface area contributed by atoms with Crippen LogP contribution in [0, 0.1) is 5.92 Å². The quantitative estimate of drug-likeness (QED) is 0.120. The van der Waals surface area contributed by atoms with E-state index in [1.165, 1.54) is 31.0 Å². The minimum Gasteiger partial charge on any atom is -0.475 e. The van der Waals surface area contributed by atoms with Crippen LogP contribution in [0.3, 0.4) is 0 Å². The largest absolute Gasteiger partial charge is 0.475 e. The monoisotopic (exact) mass is 570 g/mol. The molecule has 1 aromatic carbocycles. The van der Waals surface area contributed by atoms with E-state index in [2.05, 4.69) is 28.8 Å². The van der Waals surface area contributed by atoms with E-state index in [1.807, 2.05) is 25.1 Å². The van der Waals surface area contributed by atoms with Crippen LogP contribution < -0.4 is 9.47 Å². The van der Waals surface area contributed by atoms with Crippen LogP contribution in [-0.2, 0) is 20.7 Å². The van der Waals surface area contributed by atoms with Crippen LogP contribution in [0.4, 0.5) is 0 Å². The van der Waals surface area contributed by atoms with Gasteiger partial charge in [-0.3, -0.25) is 14.1 Å². The first-order chi connectivity index (χ1) is 19.4. The van der Waals surface area contributed by atoms with Crippen LogP contribution in [-0.4, -0.2) is 58.1 Å². The zero-order valence-electron chi connectivity index (χ0n) is 24.2. The van der Waals surface area contributed by atoms with Crippen molar-refractivity contribution in [2.24, 2.45) is 5.92 Å². The first-order valence-corrected chi connectivity index (χ1v) is 15.6. The summed E-state index contributed by atoms with van der Waals surface area (Å²) in [6.07, 6.45) is 12.3. The van der Waals surface area contributed by atoms with Gasteiger partial charge in [-0.25, -0.2) is 0 Å². The first-order valence-electron chi connectivity index (χ1n) is 14.9. The van der Waals surface area contributed by atoms with Crippen molar-refractivity contribution in [2.75, 3.05) is 26.7 Å². The van der Waals surface area contributed by atoms with Gasteiger partial charge in [0.05, 0.1) is 44.3 Å². The van der Waals surface area contributed by atoms with Crippen molar-refractivity contribution in [3.05, 3.63) is 41.6 Å². The minimum absolute atomic E-state index is 0.0488. The van der Waals surface area contributed by atoms with E-state index < -0.39 is 0 Å². The Morgan fingerprint density at radius 2 is 1.90 bits per heavy atom. The zero-order valence-corrected chi connectivity index (χ0v) is 25.0. The number of unbranched alkanes of at least 4 members (excludes halogenated alkanes) is 3. The lowest BCUT2D eigenvalue weighted by molar-refractivity contribution is -0.944. The summed E-state index contributed by atoms with van der Waals surface area (Å²) in [4.78, 5) is 25.8. The van der Waals surface area contributed by atoms with Gasteiger partial charge in [-0.2, -0.15) is 4.37 Å². The van der Waals surface area contributed by atoms with Crippen LogP contribution in [0.25, 0.3) is 5.57 Å². The highest BCUT2D eigenvalue weighted by molar-refractivity contribution is 6.99. The third-order valence-corrected chi connectivity index (χ3v) is 8.71. The molecule has 218 valence electrons. The smallest absolute Gasteiger partial charge is 0.314 e. The second kappa shape index (κ2) is 14.7. The van der Waals surface area contributed by atoms with Gasteiger partial charge in [-0.1, -0.05) is 69.7 Å².